The zero-order valence-corrected chi connectivity index (χ0v) is 12.6. The molecule has 3 aromatic rings. The van der Waals surface area contributed by atoms with Crippen molar-refractivity contribution < 1.29 is 13.6 Å². The van der Waals surface area contributed by atoms with Crippen LogP contribution in [0.4, 0.5) is 0 Å². The topological polar surface area (TPSA) is 77.5 Å². The molecule has 2 heterocycles. The van der Waals surface area contributed by atoms with Crippen LogP contribution in [0, 0.1) is 0 Å². The first-order valence-electron chi connectivity index (χ1n) is 7.05. The van der Waals surface area contributed by atoms with Gasteiger partial charge < -0.3 is 8.83 Å². The molecule has 5 heteroatoms. The largest absolute Gasteiger partial charge is 0.422 e. The molecule has 0 unspecified atom stereocenters. The maximum Gasteiger partial charge on any atom is 0.347 e. The first-order chi connectivity index (χ1) is 11.5. The van der Waals surface area contributed by atoms with Crippen molar-refractivity contribution in [2.75, 3.05) is 0 Å². The lowest BCUT2D eigenvalue weighted by Crippen LogP contribution is -2.21. The maximum atomic E-state index is 12.6. The Morgan fingerprint density at radius 1 is 0.917 bits per heavy atom. The number of para-hydroxylation sites is 1. The number of benzene rings is 1. The van der Waals surface area contributed by atoms with Gasteiger partial charge in [0.1, 0.15) is 22.5 Å². The average Bonchev–Trinajstić information content (AvgIpc) is 2.60. The zero-order chi connectivity index (χ0) is 17.3. The van der Waals surface area contributed by atoms with Crippen molar-refractivity contribution in [3.63, 3.8) is 0 Å². The molecular weight excluding hydrogens is 308 g/mol. The highest BCUT2D eigenvalue weighted by atomic mass is 16.4. The Morgan fingerprint density at radius 3 is 2.29 bits per heavy atom. The standard InChI is InChI=1S/C19H12O5/c1-3-11-9-13(18(21)23-15(11)4-2)17(20)14-10-12-7-5-6-8-16(12)24-19(14)22/h3-10H,1-2H2. The van der Waals surface area contributed by atoms with Gasteiger partial charge in [0.05, 0.1) is 0 Å². The molecule has 0 atom stereocenters. The number of rotatable bonds is 4. The molecule has 0 radical (unpaired) electrons. The maximum absolute atomic E-state index is 12.6. The van der Waals surface area contributed by atoms with Crippen molar-refractivity contribution >= 4 is 28.9 Å². The minimum atomic E-state index is -0.854. The summed E-state index contributed by atoms with van der Waals surface area (Å²) in [7, 11) is 0. The summed E-state index contributed by atoms with van der Waals surface area (Å²) in [4.78, 5) is 36.8. The molecule has 0 saturated carbocycles. The van der Waals surface area contributed by atoms with Gasteiger partial charge in [-0.3, -0.25) is 4.79 Å². The third kappa shape index (κ3) is 2.52. The van der Waals surface area contributed by atoms with Crippen LogP contribution in [0.15, 0.2) is 68.0 Å². The highest BCUT2D eigenvalue weighted by Crippen LogP contribution is 2.16. The number of hydrogen-bond donors (Lipinski definition) is 0. The SMILES string of the molecule is C=Cc1cc(C(=O)c2cc3ccccc3oc2=O)c(=O)oc1C=C. The zero-order valence-electron chi connectivity index (χ0n) is 12.6. The van der Waals surface area contributed by atoms with Crippen molar-refractivity contribution in [1.29, 1.82) is 0 Å². The second-order valence-electron chi connectivity index (χ2n) is 4.99. The Morgan fingerprint density at radius 2 is 1.58 bits per heavy atom. The predicted octanol–water partition coefficient (Wildman–Crippen LogP) is 3.26. The Hall–Kier alpha value is -3.47. The highest BCUT2D eigenvalue weighted by Gasteiger charge is 2.21. The summed E-state index contributed by atoms with van der Waals surface area (Å²) in [5.41, 5.74) is -1.38. The molecule has 0 saturated heterocycles. The van der Waals surface area contributed by atoms with Gasteiger partial charge in [-0.15, -0.1) is 0 Å². The van der Waals surface area contributed by atoms with Crippen molar-refractivity contribution in [3.05, 3.63) is 92.8 Å². The van der Waals surface area contributed by atoms with E-state index in [1.807, 2.05) is 0 Å². The van der Waals surface area contributed by atoms with Gasteiger partial charge in [-0.25, -0.2) is 9.59 Å². The number of hydrogen-bond acceptors (Lipinski definition) is 5. The molecule has 3 rings (SSSR count). The minimum absolute atomic E-state index is 0.206. The van der Waals surface area contributed by atoms with Crippen LogP contribution in [0.2, 0.25) is 0 Å². The van der Waals surface area contributed by atoms with E-state index in [2.05, 4.69) is 13.2 Å². The molecule has 0 aliphatic rings. The second kappa shape index (κ2) is 5.96. The Kier molecular flexibility index (Phi) is 3.83. The fourth-order valence-corrected chi connectivity index (χ4v) is 2.34. The third-order valence-electron chi connectivity index (χ3n) is 3.54. The van der Waals surface area contributed by atoms with Crippen LogP contribution in [-0.4, -0.2) is 5.78 Å². The van der Waals surface area contributed by atoms with E-state index in [9.17, 15) is 14.4 Å². The summed E-state index contributed by atoms with van der Waals surface area (Å²) in [6.07, 6.45) is 2.77. The molecule has 5 nitrogen and oxygen atoms in total. The normalized spacial score (nSPS) is 10.5. The monoisotopic (exact) mass is 320 g/mol. The molecule has 0 spiro atoms. The van der Waals surface area contributed by atoms with Crippen LogP contribution in [0.3, 0.4) is 0 Å². The summed E-state index contributed by atoms with van der Waals surface area (Å²) in [6, 6.07) is 9.51. The fourth-order valence-electron chi connectivity index (χ4n) is 2.34. The molecule has 0 amide bonds. The first kappa shape index (κ1) is 15.4. The number of carbonyl (C=O) groups is 1. The lowest BCUT2D eigenvalue weighted by atomic mass is 10.0. The quantitative estimate of drug-likeness (QED) is 0.544. The molecule has 2 aromatic heterocycles. The number of carbonyl (C=O) groups excluding carboxylic acids is 1. The van der Waals surface area contributed by atoms with Crippen molar-refractivity contribution in [2.45, 2.75) is 0 Å². The van der Waals surface area contributed by atoms with Gasteiger partial charge in [0.2, 0.25) is 5.78 Å². The van der Waals surface area contributed by atoms with E-state index >= 15 is 0 Å². The van der Waals surface area contributed by atoms with Crippen LogP contribution in [-0.2, 0) is 0 Å². The van der Waals surface area contributed by atoms with Crippen molar-refractivity contribution in [3.8, 4) is 0 Å². The second-order valence-corrected chi connectivity index (χ2v) is 4.99. The predicted molar refractivity (Wildman–Crippen MR) is 91.1 cm³/mol. The summed E-state index contributed by atoms with van der Waals surface area (Å²) >= 11 is 0. The van der Waals surface area contributed by atoms with Crippen LogP contribution < -0.4 is 11.3 Å². The summed E-state index contributed by atoms with van der Waals surface area (Å²) in [5.74, 6) is -0.556. The van der Waals surface area contributed by atoms with Gasteiger partial charge in [0.15, 0.2) is 0 Å². The van der Waals surface area contributed by atoms with E-state index in [1.165, 1.54) is 24.3 Å². The molecular formula is C19H12O5. The number of fused-ring (bicyclic) bond motifs is 1. The molecule has 1 aromatic carbocycles. The lowest BCUT2D eigenvalue weighted by Gasteiger charge is -2.04. The molecule has 0 bridgehead atoms. The third-order valence-corrected chi connectivity index (χ3v) is 3.54. The van der Waals surface area contributed by atoms with Gasteiger partial charge in [-0.05, 0) is 24.3 Å². The average molecular weight is 320 g/mol. The van der Waals surface area contributed by atoms with E-state index in [-0.39, 0.29) is 16.9 Å². The molecule has 0 aliphatic carbocycles. The van der Waals surface area contributed by atoms with Crippen LogP contribution in [0.1, 0.15) is 27.2 Å². The molecule has 0 fully saturated rings. The van der Waals surface area contributed by atoms with Crippen molar-refractivity contribution in [2.24, 2.45) is 0 Å². The van der Waals surface area contributed by atoms with Crippen LogP contribution in [0.5, 0.6) is 0 Å². The van der Waals surface area contributed by atoms with Crippen LogP contribution in [0.25, 0.3) is 23.1 Å². The van der Waals surface area contributed by atoms with Gasteiger partial charge in [-0.2, -0.15) is 0 Å². The summed E-state index contributed by atoms with van der Waals surface area (Å²) < 4.78 is 10.2. The van der Waals surface area contributed by atoms with Crippen molar-refractivity contribution in [1.82, 2.24) is 0 Å². The fraction of sp³-hybridized carbons (Fsp3) is 0. The molecule has 118 valence electrons. The molecule has 0 N–H and O–H groups in total. The molecule has 24 heavy (non-hydrogen) atoms. The van der Waals surface area contributed by atoms with E-state index in [1.54, 1.807) is 24.3 Å². The Balaban J connectivity index is 2.21. The number of ketones is 1. The van der Waals surface area contributed by atoms with E-state index in [0.717, 1.165) is 0 Å². The highest BCUT2D eigenvalue weighted by molar-refractivity contribution is 6.09. The van der Waals surface area contributed by atoms with E-state index in [4.69, 9.17) is 8.83 Å². The van der Waals surface area contributed by atoms with Crippen LogP contribution >= 0.6 is 0 Å². The summed E-state index contributed by atoms with van der Waals surface area (Å²) in [5, 5.41) is 0.580. The van der Waals surface area contributed by atoms with E-state index in [0.29, 0.717) is 16.5 Å². The van der Waals surface area contributed by atoms with Gasteiger partial charge >= 0.3 is 11.3 Å². The first-order valence-corrected chi connectivity index (χ1v) is 7.05. The lowest BCUT2D eigenvalue weighted by molar-refractivity contribution is 0.103. The van der Waals surface area contributed by atoms with Gasteiger partial charge in [0, 0.05) is 10.9 Å². The molecule has 0 aliphatic heterocycles. The summed E-state index contributed by atoms with van der Waals surface area (Å²) in [6.45, 7) is 7.13. The Bertz CT molecular complexity index is 1100. The van der Waals surface area contributed by atoms with Gasteiger partial charge in [0.25, 0.3) is 0 Å². The minimum Gasteiger partial charge on any atom is -0.422 e. The van der Waals surface area contributed by atoms with Gasteiger partial charge in [-0.1, -0.05) is 37.4 Å². The Labute approximate surface area is 136 Å². The van der Waals surface area contributed by atoms with E-state index < -0.39 is 17.0 Å². The smallest absolute Gasteiger partial charge is 0.347 e.